The lowest BCUT2D eigenvalue weighted by molar-refractivity contribution is 0.380. The van der Waals surface area contributed by atoms with Gasteiger partial charge >= 0.3 is 5.63 Å². The number of hydrogen-bond acceptors (Lipinski definition) is 5. The van der Waals surface area contributed by atoms with E-state index >= 15 is 0 Å². The molecule has 0 saturated heterocycles. The van der Waals surface area contributed by atoms with Gasteiger partial charge in [-0.25, -0.2) is 4.79 Å². The minimum Gasteiger partial charge on any atom is -0.507 e. The third-order valence-electron chi connectivity index (χ3n) is 5.80. The molecule has 4 rings (SSSR count). The highest BCUT2D eigenvalue weighted by atomic mass is 32.1. The van der Waals surface area contributed by atoms with Crippen molar-refractivity contribution in [3.63, 3.8) is 0 Å². The first-order valence-electron chi connectivity index (χ1n) is 10.3. The summed E-state index contributed by atoms with van der Waals surface area (Å²) in [5, 5.41) is 10.9. The van der Waals surface area contributed by atoms with Crippen molar-refractivity contribution in [3.8, 4) is 5.75 Å². The Morgan fingerprint density at radius 3 is 2.55 bits per heavy atom. The summed E-state index contributed by atoms with van der Waals surface area (Å²) in [5.41, 5.74) is 6.94. The van der Waals surface area contributed by atoms with Gasteiger partial charge in [0.25, 0.3) is 0 Å². The second-order valence-electron chi connectivity index (χ2n) is 7.85. The van der Waals surface area contributed by atoms with Gasteiger partial charge in [-0.2, -0.15) is 0 Å². The molecule has 2 atom stereocenters. The van der Waals surface area contributed by atoms with E-state index in [4.69, 9.17) is 10.2 Å². The van der Waals surface area contributed by atoms with Crippen LogP contribution in [0.5, 0.6) is 5.75 Å². The van der Waals surface area contributed by atoms with E-state index in [1.807, 2.05) is 30.3 Å². The fourth-order valence-electron chi connectivity index (χ4n) is 4.05. The molecule has 29 heavy (non-hydrogen) atoms. The van der Waals surface area contributed by atoms with Gasteiger partial charge in [0.15, 0.2) is 0 Å². The zero-order chi connectivity index (χ0) is 20.4. The third kappa shape index (κ3) is 4.31. The summed E-state index contributed by atoms with van der Waals surface area (Å²) in [6.45, 7) is 2.56. The predicted octanol–water partition coefficient (Wildman–Crippen LogP) is 5.14. The molecule has 2 heterocycles. The van der Waals surface area contributed by atoms with Gasteiger partial charge in [0.2, 0.25) is 0 Å². The van der Waals surface area contributed by atoms with E-state index in [0.717, 1.165) is 35.4 Å². The summed E-state index contributed by atoms with van der Waals surface area (Å²) >= 11 is 1.62. The van der Waals surface area contributed by atoms with Crippen LogP contribution in [0, 0.1) is 5.92 Å². The van der Waals surface area contributed by atoms with Crippen molar-refractivity contribution in [2.24, 2.45) is 11.7 Å². The van der Waals surface area contributed by atoms with Crippen LogP contribution in [0.1, 0.15) is 64.7 Å². The van der Waals surface area contributed by atoms with Crippen LogP contribution in [0.3, 0.4) is 0 Å². The van der Waals surface area contributed by atoms with Gasteiger partial charge in [0, 0.05) is 34.2 Å². The normalized spacial score (nSPS) is 15.9. The second-order valence-corrected chi connectivity index (χ2v) is 9.05. The lowest BCUT2D eigenvalue weighted by Gasteiger charge is -2.18. The largest absolute Gasteiger partial charge is 0.507 e. The SMILES string of the molecule is CCC(Cc1ccccc1)c1cc(O)c(C(c2ccc(CN)s2)C2CC2)c(=O)o1. The number of nitrogens with two attached hydrogens (primary N) is 1. The van der Waals surface area contributed by atoms with Crippen molar-refractivity contribution < 1.29 is 9.52 Å². The smallest absolute Gasteiger partial charge is 0.343 e. The minimum absolute atomic E-state index is 0.0509. The van der Waals surface area contributed by atoms with Crippen LogP contribution in [0.15, 0.2) is 57.7 Å². The van der Waals surface area contributed by atoms with Gasteiger partial charge in [0.1, 0.15) is 11.5 Å². The molecule has 3 aromatic rings. The highest BCUT2D eigenvalue weighted by Crippen LogP contribution is 2.49. The van der Waals surface area contributed by atoms with Crippen molar-refractivity contribution >= 4 is 11.3 Å². The van der Waals surface area contributed by atoms with Crippen molar-refractivity contribution in [2.75, 3.05) is 0 Å². The van der Waals surface area contributed by atoms with Crippen molar-refractivity contribution in [1.29, 1.82) is 0 Å². The molecule has 4 nitrogen and oxygen atoms in total. The van der Waals surface area contributed by atoms with E-state index in [-0.39, 0.29) is 17.6 Å². The van der Waals surface area contributed by atoms with Crippen molar-refractivity contribution in [3.05, 3.63) is 85.6 Å². The summed E-state index contributed by atoms with van der Waals surface area (Å²) < 4.78 is 5.79. The molecule has 2 unspecified atom stereocenters. The van der Waals surface area contributed by atoms with Crippen LogP contribution in [0.25, 0.3) is 0 Å². The molecule has 1 aliphatic rings. The Morgan fingerprint density at radius 2 is 1.97 bits per heavy atom. The average Bonchev–Trinajstić information content (AvgIpc) is 3.45. The molecule has 5 heteroatoms. The highest BCUT2D eigenvalue weighted by molar-refractivity contribution is 7.12. The van der Waals surface area contributed by atoms with Gasteiger partial charge in [-0.3, -0.25) is 0 Å². The molecule has 0 spiro atoms. The lowest BCUT2D eigenvalue weighted by Crippen LogP contribution is -2.17. The molecule has 1 aromatic carbocycles. The van der Waals surface area contributed by atoms with E-state index in [0.29, 0.717) is 23.8 Å². The van der Waals surface area contributed by atoms with Crippen LogP contribution in [-0.2, 0) is 13.0 Å². The zero-order valence-electron chi connectivity index (χ0n) is 16.6. The Hall–Kier alpha value is -2.37. The molecule has 1 fully saturated rings. The van der Waals surface area contributed by atoms with Gasteiger partial charge < -0.3 is 15.3 Å². The molecular formula is C24H27NO3S. The number of aromatic hydroxyl groups is 1. The maximum Gasteiger partial charge on any atom is 0.343 e. The molecular weight excluding hydrogens is 382 g/mol. The fraction of sp³-hybridized carbons (Fsp3) is 0.375. The van der Waals surface area contributed by atoms with Gasteiger partial charge in [-0.05, 0) is 49.3 Å². The molecule has 3 N–H and O–H groups in total. The standard InChI is InChI=1S/C24H27NO3S/c1-2-16(12-15-6-4-3-5-7-15)20-13-19(26)23(24(27)28-20)22(17-8-9-17)21-11-10-18(14-25)29-21/h3-7,10-11,13,16-17,22,26H,2,8-9,12,14,25H2,1H3. The summed E-state index contributed by atoms with van der Waals surface area (Å²) in [6.07, 6.45) is 3.73. The Balaban J connectivity index is 1.68. The van der Waals surface area contributed by atoms with Crippen LogP contribution < -0.4 is 11.4 Å². The van der Waals surface area contributed by atoms with Gasteiger partial charge in [-0.15, -0.1) is 11.3 Å². The Bertz CT molecular complexity index is 1020. The van der Waals surface area contributed by atoms with Crippen LogP contribution in [0.4, 0.5) is 0 Å². The first-order valence-corrected chi connectivity index (χ1v) is 11.1. The maximum atomic E-state index is 13.0. The van der Waals surface area contributed by atoms with E-state index < -0.39 is 5.63 Å². The molecule has 0 amide bonds. The summed E-state index contributed by atoms with van der Waals surface area (Å²) in [6, 6.07) is 15.9. The van der Waals surface area contributed by atoms with Crippen molar-refractivity contribution in [2.45, 2.75) is 51.0 Å². The molecule has 152 valence electrons. The Morgan fingerprint density at radius 1 is 1.21 bits per heavy atom. The first kappa shape index (κ1) is 19.9. The minimum atomic E-state index is -0.411. The van der Waals surface area contributed by atoms with Gasteiger partial charge in [0.05, 0.1) is 5.56 Å². The van der Waals surface area contributed by atoms with Crippen molar-refractivity contribution in [1.82, 2.24) is 0 Å². The molecule has 0 radical (unpaired) electrons. The monoisotopic (exact) mass is 409 g/mol. The number of rotatable bonds is 8. The van der Waals surface area contributed by atoms with Crippen LogP contribution in [0.2, 0.25) is 0 Å². The zero-order valence-corrected chi connectivity index (χ0v) is 17.5. The third-order valence-corrected chi connectivity index (χ3v) is 6.99. The Labute approximate surface area is 175 Å². The number of thiophene rings is 1. The fourth-order valence-corrected chi connectivity index (χ4v) is 5.15. The predicted molar refractivity (Wildman–Crippen MR) is 117 cm³/mol. The van der Waals surface area contributed by atoms with E-state index in [2.05, 4.69) is 19.1 Å². The number of hydrogen-bond donors (Lipinski definition) is 2. The highest BCUT2D eigenvalue weighted by Gasteiger charge is 2.38. The lowest BCUT2D eigenvalue weighted by atomic mass is 9.90. The summed E-state index contributed by atoms with van der Waals surface area (Å²) in [4.78, 5) is 15.2. The Kier molecular flexibility index (Phi) is 5.88. The van der Waals surface area contributed by atoms with Crippen LogP contribution >= 0.6 is 11.3 Å². The molecule has 0 bridgehead atoms. The molecule has 1 aliphatic carbocycles. The summed E-state index contributed by atoms with van der Waals surface area (Å²) in [5.74, 6) is 0.938. The molecule has 1 saturated carbocycles. The molecule has 2 aromatic heterocycles. The molecule has 0 aliphatic heterocycles. The van der Waals surface area contributed by atoms with E-state index in [1.165, 1.54) is 5.56 Å². The topological polar surface area (TPSA) is 76.5 Å². The number of benzene rings is 1. The van der Waals surface area contributed by atoms with Crippen LogP contribution in [-0.4, -0.2) is 5.11 Å². The van der Waals surface area contributed by atoms with E-state index in [9.17, 15) is 9.90 Å². The average molecular weight is 410 g/mol. The first-order chi connectivity index (χ1) is 14.1. The second kappa shape index (κ2) is 8.56. The van der Waals surface area contributed by atoms with Gasteiger partial charge in [-0.1, -0.05) is 37.3 Å². The van der Waals surface area contributed by atoms with E-state index in [1.54, 1.807) is 17.4 Å². The maximum absolute atomic E-state index is 13.0. The quantitative estimate of drug-likeness (QED) is 0.540. The summed E-state index contributed by atoms with van der Waals surface area (Å²) in [7, 11) is 0.